The minimum atomic E-state index is -0.531. The van der Waals surface area contributed by atoms with Crippen molar-refractivity contribution in [2.24, 2.45) is 5.92 Å². The van der Waals surface area contributed by atoms with Crippen LogP contribution >= 0.6 is 11.8 Å². The molecule has 0 aromatic carbocycles. The molecule has 14 heavy (non-hydrogen) atoms. The van der Waals surface area contributed by atoms with E-state index in [1.165, 1.54) is 0 Å². The Hall–Kier alpha value is -0.690. The van der Waals surface area contributed by atoms with Gasteiger partial charge in [0, 0.05) is 13.1 Å². The van der Waals surface area contributed by atoms with Crippen molar-refractivity contribution in [1.82, 2.24) is 4.90 Å². The van der Waals surface area contributed by atoms with Crippen molar-refractivity contribution < 1.29 is 4.79 Å². The average Bonchev–Trinajstić information content (AvgIpc) is 2.22. The number of amides is 1. The van der Waals surface area contributed by atoms with Gasteiger partial charge in [0.25, 0.3) is 0 Å². The summed E-state index contributed by atoms with van der Waals surface area (Å²) in [7, 11) is 1.77. The van der Waals surface area contributed by atoms with E-state index in [4.69, 9.17) is 5.26 Å². The zero-order chi connectivity index (χ0) is 11.1. The SMILES string of the molecule is CSCCC(C)N(C)C(=O)C(C)C#N. The molecular formula is C10H18N2OS. The lowest BCUT2D eigenvalue weighted by atomic mass is 10.1. The molecule has 3 nitrogen and oxygen atoms in total. The van der Waals surface area contributed by atoms with Gasteiger partial charge in [-0.25, -0.2) is 0 Å². The molecule has 0 saturated heterocycles. The smallest absolute Gasteiger partial charge is 0.239 e. The van der Waals surface area contributed by atoms with Crippen molar-refractivity contribution in [2.75, 3.05) is 19.1 Å². The van der Waals surface area contributed by atoms with Gasteiger partial charge in [-0.1, -0.05) is 0 Å². The van der Waals surface area contributed by atoms with Crippen LogP contribution in [-0.4, -0.2) is 35.9 Å². The van der Waals surface area contributed by atoms with Gasteiger partial charge in [-0.05, 0) is 32.3 Å². The molecule has 2 unspecified atom stereocenters. The molecule has 4 heteroatoms. The number of hydrogen-bond donors (Lipinski definition) is 0. The highest BCUT2D eigenvalue weighted by Crippen LogP contribution is 2.09. The van der Waals surface area contributed by atoms with Crippen molar-refractivity contribution >= 4 is 17.7 Å². The highest BCUT2D eigenvalue weighted by molar-refractivity contribution is 7.98. The van der Waals surface area contributed by atoms with Crippen molar-refractivity contribution in [2.45, 2.75) is 26.3 Å². The number of carbonyl (C=O) groups excluding carboxylic acids is 1. The first-order valence-electron chi connectivity index (χ1n) is 4.69. The largest absolute Gasteiger partial charge is 0.342 e. The second-order valence-corrected chi connectivity index (χ2v) is 4.42. The molecule has 0 radical (unpaired) electrons. The van der Waals surface area contributed by atoms with Crippen LogP contribution in [0.4, 0.5) is 0 Å². The third-order valence-electron chi connectivity index (χ3n) is 2.31. The summed E-state index contributed by atoms with van der Waals surface area (Å²) in [6.07, 6.45) is 3.02. The highest BCUT2D eigenvalue weighted by Gasteiger charge is 2.20. The van der Waals surface area contributed by atoms with Crippen LogP contribution in [0.1, 0.15) is 20.3 Å². The van der Waals surface area contributed by atoms with Gasteiger partial charge >= 0.3 is 0 Å². The molecule has 0 aliphatic rings. The van der Waals surface area contributed by atoms with Gasteiger partial charge < -0.3 is 4.90 Å². The maximum absolute atomic E-state index is 11.6. The first-order valence-corrected chi connectivity index (χ1v) is 6.09. The zero-order valence-electron chi connectivity index (χ0n) is 9.28. The van der Waals surface area contributed by atoms with Crippen LogP contribution < -0.4 is 0 Å². The molecule has 0 spiro atoms. The Bertz CT molecular complexity index is 225. The van der Waals surface area contributed by atoms with Crippen LogP contribution in [0, 0.1) is 17.2 Å². The van der Waals surface area contributed by atoms with E-state index >= 15 is 0 Å². The Kier molecular flexibility index (Phi) is 6.39. The molecule has 0 fully saturated rings. The summed E-state index contributed by atoms with van der Waals surface area (Å²) >= 11 is 1.77. The summed E-state index contributed by atoms with van der Waals surface area (Å²) in [4.78, 5) is 13.2. The molecule has 0 aromatic heterocycles. The number of carbonyl (C=O) groups is 1. The van der Waals surface area contributed by atoms with Crippen molar-refractivity contribution in [1.29, 1.82) is 5.26 Å². The second-order valence-electron chi connectivity index (χ2n) is 3.43. The van der Waals surface area contributed by atoms with Gasteiger partial charge in [-0.3, -0.25) is 4.79 Å². The predicted molar refractivity (Wildman–Crippen MR) is 60.0 cm³/mol. The Labute approximate surface area is 90.5 Å². The lowest BCUT2D eigenvalue weighted by Crippen LogP contribution is -2.38. The third kappa shape index (κ3) is 4.01. The minimum absolute atomic E-state index is 0.0823. The van der Waals surface area contributed by atoms with Gasteiger partial charge in [0.1, 0.15) is 5.92 Å². The predicted octanol–water partition coefficient (Wildman–Crippen LogP) is 1.75. The fourth-order valence-corrected chi connectivity index (χ4v) is 1.64. The maximum atomic E-state index is 11.6. The summed E-state index contributed by atoms with van der Waals surface area (Å²) in [5.74, 6) is 0.428. The van der Waals surface area contributed by atoms with Gasteiger partial charge in [0.2, 0.25) is 5.91 Å². The Balaban J connectivity index is 4.11. The summed E-state index contributed by atoms with van der Waals surface area (Å²) in [6.45, 7) is 3.65. The minimum Gasteiger partial charge on any atom is -0.342 e. The van der Waals surface area contributed by atoms with Crippen LogP contribution in [-0.2, 0) is 4.79 Å². The van der Waals surface area contributed by atoms with E-state index in [1.54, 1.807) is 30.6 Å². The van der Waals surface area contributed by atoms with E-state index in [-0.39, 0.29) is 11.9 Å². The van der Waals surface area contributed by atoms with E-state index in [2.05, 4.69) is 0 Å². The van der Waals surface area contributed by atoms with E-state index < -0.39 is 5.92 Å². The monoisotopic (exact) mass is 214 g/mol. The fraction of sp³-hybridized carbons (Fsp3) is 0.800. The summed E-state index contributed by atoms with van der Waals surface area (Å²) in [5, 5.41) is 8.61. The number of hydrogen-bond acceptors (Lipinski definition) is 3. The van der Waals surface area contributed by atoms with Crippen LogP contribution in [0.25, 0.3) is 0 Å². The van der Waals surface area contributed by atoms with Gasteiger partial charge in [-0.2, -0.15) is 17.0 Å². The van der Waals surface area contributed by atoms with Gasteiger partial charge in [-0.15, -0.1) is 0 Å². The molecule has 0 aliphatic carbocycles. The first kappa shape index (κ1) is 13.3. The van der Waals surface area contributed by atoms with E-state index in [9.17, 15) is 4.79 Å². The van der Waals surface area contributed by atoms with Crippen LogP contribution in [0.5, 0.6) is 0 Å². The molecular weight excluding hydrogens is 196 g/mol. The Morgan fingerprint density at radius 2 is 2.14 bits per heavy atom. The van der Waals surface area contributed by atoms with Crippen LogP contribution in [0.15, 0.2) is 0 Å². The molecule has 0 bridgehead atoms. The number of nitriles is 1. The summed E-state index contributed by atoms with van der Waals surface area (Å²) < 4.78 is 0. The lowest BCUT2D eigenvalue weighted by molar-refractivity contribution is -0.133. The Morgan fingerprint density at radius 1 is 1.57 bits per heavy atom. The van der Waals surface area contributed by atoms with E-state index in [0.29, 0.717) is 0 Å². The average molecular weight is 214 g/mol. The lowest BCUT2D eigenvalue weighted by Gasteiger charge is -2.25. The molecule has 0 aromatic rings. The van der Waals surface area contributed by atoms with E-state index in [0.717, 1.165) is 12.2 Å². The topological polar surface area (TPSA) is 44.1 Å². The fourth-order valence-electron chi connectivity index (χ4n) is 1.06. The molecule has 0 rings (SSSR count). The molecule has 2 atom stereocenters. The first-order chi connectivity index (χ1) is 6.54. The summed E-state index contributed by atoms with van der Waals surface area (Å²) in [5.41, 5.74) is 0. The molecule has 0 saturated carbocycles. The standard InChI is InChI=1S/C10H18N2OS/c1-8(7-11)10(13)12(3)9(2)5-6-14-4/h8-9H,5-6H2,1-4H3. The molecule has 1 amide bonds. The van der Waals surface area contributed by atoms with Crippen molar-refractivity contribution in [3.8, 4) is 6.07 Å². The second kappa shape index (κ2) is 6.72. The molecule has 0 heterocycles. The molecule has 80 valence electrons. The van der Waals surface area contributed by atoms with Gasteiger partial charge in [0.05, 0.1) is 6.07 Å². The third-order valence-corrected chi connectivity index (χ3v) is 2.96. The number of rotatable bonds is 5. The molecule has 0 aliphatic heterocycles. The summed E-state index contributed by atoms with van der Waals surface area (Å²) in [6, 6.07) is 2.17. The van der Waals surface area contributed by atoms with Gasteiger partial charge in [0.15, 0.2) is 0 Å². The number of thioether (sulfide) groups is 1. The maximum Gasteiger partial charge on any atom is 0.239 e. The Morgan fingerprint density at radius 3 is 2.57 bits per heavy atom. The molecule has 0 N–H and O–H groups in total. The van der Waals surface area contributed by atoms with Crippen molar-refractivity contribution in [3.63, 3.8) is 0 Å². The number of nitrogens with zero attached hydrogens (tertiary/aromatic N) is 2. The van der Waals surface area contributed by atoms with Crippen LogP contribution in [0.3, 0.4) is 0 Å². The van der Waals surface area contributed by atoms with Crippen molar-refractivity contribution in [3.05, 3.63) is 0 Å². The normalized spacial score (nSPS) is 14.2. The highest BCUT2D eigenvalue weighted by atomic mass is 32.2. The zero-order valence-corrected chi connectivity index (χ0v) is 10.1. The van der Waals surface area contributed by atoms with Crippen LogP contribution in [0.2, 0.25) is 0 Å². The van der Waals surface area contributed by atoms with E-state index in [1.807, 2.05) is 19.2 Å². The quantitative estimate of drug-likeness (QED) is 0.700.